The number of ether oxygens (including phenoxy) is 1. The number of carbonyl (C=O) groups is 2. The highest BCUT2D eigenvalue weighted by molar-refractivity contribution is 6.33. The molecule has 5 nitrogen and oxygen atoms in total. The third-order valence-electron chi connectivity index (χ3n) is 8.62. The Morgan fingerprint density at radius 3 is 2.14 bits per heavy atom. The first-order chi connectivity index (χ1) is 20.8. The highest BCUT2D eigenvalue weighted by Gasteiger charge is 2.41. The van der Waals surface area contributed by atoms with Gasteiger partial charge in [-0.05, 0) is 69.3 Å². The molecule has 1 aliphatic carbocycles. The summed E-state index contributed by atoms with van der Waals surface area (Å²) in [5.41, 5.74) is 4.75. The minimum absolute atomic E-state index is 0.181. The van der Waals surface area contributed by atoms with Gasteiger partial charge in [-0.25, -0.2) is 4.98 Å². The van der Waals surface area contributed by atoms with Crippen LogP contribution in [-0.4, -0.2) is 28.3 Å². The lowest BCUT2D eigenvalue weighted by molar-refractivity contribution is 0.0888. The smallest absolute Gasteiger partial charge is 0.181 e. The Balaban J connectivity index is 1.24. The van der Waals surface area contributed by atoms with Gasteiger partial charge >= 0.3 is 0 Å². The van der Waals surface area contributed by atoms with Crippen LogP contribution in [0.25, 0.3) is 21.7 Å². The maximum absolute atomic E-state index is 13.7. The van der Waals surface area contributed by atoms with Crippen LogP contribution in [0.1, 0.15) is 97.0 Å². The summed E-state index contributed by atoms with van der Waals surface area (Å²) in [6.07, 6.45) is 1.57. The Bertz CT molecular complexity index is 1910. The molecule has 0 aliphatic heterocycles. The first-order valence-electron chi connectivity index (χ1n) is 15.3. The molecule has 0 saturated carbocycles. The monoisotopic (exact) mass is 585 g/mol. The maximum Gasteiger partial charge on any atom is 0.181 e. The molecule has 0 radical (unpaired) electrons. The molecule has 4 aromatic carbocycles. The fraction of sp³-hybridized carbons (Fsp3) is 0.308. The fourth-order valence-corrected chi connectivity index (χ4v) is 6.28. The van der Waals surface area contributed by atoms with E-state index in [-0.39, 0.29) is 22.4 Å². The van der Waals surface area contributed by atoms with Crippen LogP contribution in [0.2, 0.25) is 0 Å². The highest BCUT2D eigenvalue weighted by atomic mass is 16.5. The normalized spacial score (nSPS) is 15.3. The van der Waals surface area contributed by atoms with Gasteiger partial charge in [0.2, 0.25) is 0 Å². The van der Waals surface area contributed by atoms with E-state index in [0.29, 0.717) is 40.4 Å². The minimum Gasteiger partial charge on any atom is -0.507 e. The summed E-state index contributed by atoms with van der Waals surface area (Å²) in [6.45, 7) is 13.2. The van der Waals surface area contributed by atoms with Crippen molar-refractivity contribution in [2.45, 2.75) is 71.1 Å². The van der Waals surface area contributed by atoms with Crippen molar-refractivity contribution in [3.8, 4) is 11.5 Å². The minimum atomic E-state index is -0.961. The Morgan fingerprint density at radius 2 is 1.43 bits per heavy atom. The average Bonchev–Trinajstić information content (AvgIpc) is 3.24. The van der Waals surface area contributed by atoms with E-state index < -0.39 is 5.92 Å². The van der Waals surface area contributed by atoms with E-state index in [1.807, 2.05) is 54.6 Å². The topological polar surface area (TPSA) is 76.5 Å². The van der Waals surface area contributed by atoms with Crippen LogP contribution in [0.5, 0.6) is 11.5 Å². The summed E-state index contributed by atoms with van der Waals surface area (Å²) in [5.74, 6) is -0.360. The standard InChI is InChI=1S/C39H39NO4/c1-38(2,3)28-21-23(22-29(36(28)42)39(4,5)6)11-10-20-44-31-15-9-13-25-17-19-30(40-34(25)31)33-35(41)27-18-16-24-12-7-8-14-26(24)32(27)37(33)43/h7-9,12-19,21-22,33,42H,10-11,20H2,1-6H3/t33-/m1/s1. The second-order valence-corrected chi connectivity index (χ2v) is 13.9. The fourth-order valence-electron chi connectivity index (χ4n) is 6.28. The molecule has 1 aliphatic rings. The van der Waals surface area contributed by atoms with Gasteiger partial charge in [0.25, 0.3) is 0 Å². The number of carbonyl (C=O) groups excluding carboxylic acids is 2. The van der Waals surface area contributed by atoms with E-state index in [0.717, 1.165) is 40.1 Å². The number of phenols is 1. The third kappa shape index (κ3) is 5.25. The summed E-state index contributed by atoms with van der Waals surface area (Å²) in [4.78, 5) is 32.0. The van der Waals surface area contributed by atoms with Crippen molar-refractivity contribution in [2.24, 2.45) is 0 Å². The molecular formula is C39H39NO4. The van der Waals surface area contributed by atoms with Gasteiger partial charge in [-0.1, -0.05) is 102 Å². The largest absolute Gasteiger partial charge is 0.507 e. The third-order valence-corrected chi connectivity index (χ3v) is 8.62. The van der Waals surface area contributed by atoms with Crippen LogP contribution < -0.4 is 4.74 Å². The molecule has 224 valence electrons. The molecule has 1 atom stereocenters. The number of fused-ring (bicyclic) bond motifs is 4. The van der Waals surface area contributed by atoms with E-state index in [4.69, 9.17) is 9.72 Å². The lowest BCUT2D eigenvalue weighted by atomic mass is 9.78. The summed E-state index contributed by atoms with van der Waals surface area (Å²) >= 11 is 0. The number of phenolic OH excluding ortho intramolecular Hbond substituents is 1. The van der Waals surface area contributed by atoms with Crippen molar-refractivity contribution in [1.29, 1.82) is 0 Å². The van der Waals surface area contributed by atoms with E-state index in [1.165, 1.54) is 5.56 Å². The number of rotatable bonds is 6. The zero-order chi connectivity index (χ0) is 31.4. The summed E-state index contributed by atoms with van der Waals surface area (Å²) < 4.78 is 6.27. The molecule has 5 aromatic rings. The number of aromatic hydroxyl groups is 1. The van der Waals surface area contributed by atoms with Crippen LogP contribution in [-0.2, 0) is 17.3 Å². The zero-order valence-electron chi connectivity index (χ0n) is 26.3. The van der Waals surface area contributed by atoms with Crippen molar-refractivity contribution in [3.05, 3.63) is 112 Å². The molecule has 1 heterocycles. The van der Waals surface area contributed by atoms with Gasteiger partial charge in [-0.2, -0.15) is 0 Å². The van der Waals surface area contributed by atoms with Gasteiger partial charge in [-0.3, -0.25) is 9.59 Å². The van der Waals surface area contributed by atoms with E-state index in [9.17, 15) is 14.7 Å². The first-order valence-corrected chi connectivity index (χ1v) is 15.3. The highest BCUT2D eigenvalue weighted by Crippen LogP contribution is 2.41. The molecule has 0 unspecified atom stereocenters. The van der Waals surface area contributed by atoms with Crippen LogP contribution in [0, 0.1) is 0 Å². The van der Waals surface area contributed by atoms with Gasteiger partial charge in [0.15, 0.2) is 11.6 Å². The van der Waals surface area contributed by atoms with Crippen LogP contribution in [0.4, 0.5) is 0 Å². The van der Waals surface area contributed by atoms with Gasteiger partial charge in [-0.15, -0.1) is 0 Å². The summed E-state index contributed by atoms with van der Waals surface area (Å²) in [6, 6.07) is 25.0. The van der Waals surface area contributed by atoms with Crippen molar-refractivity contribution < 1.29 is 19.4 Å². The number of para-hydroxylation sites is 1. The predicted molar refractivity (Wildman–Crippen MR) is 176 cm³/mol. The lowest BCUT2D eigenvalue weighted by Gasteiger charge is -2.28. The van der Waals surface area contributed by atoms with E-state index in [2.05, 4.69) is 53.7 Å². The number of Topliss-reactive ketones (excluding diaryl/α,β-unsaturated/α-hetero) is 2. The number of pyridine rings is 1. The molecule has 44 heavy (non-hydrogen) atoms. The second-order valence-electron chi connectivity index (χ2n) is 13.9. The Labute approximate surface area is 258 Å². The van der Waals surface area contributed by atoms with Crippen molar-refractivity contribution in [2.75, 3.05) is 6.61 Å². The molecular weight excluding hydrogens is 546 g/mol. The van der Waals surface area contributed by atoms with Gasteiger partial charge in [0, 0.05) is 16.5 Å². The number of nitrogens with zero attached hydrogens (tertiary/aromatic N) is 1. The molecule has 0 fully saturated rings. The maximum atomic E-state index is 13.7. The first kappa shape index (κ1) is 29.6. The molecule has 0 spiro atoms. The Hall–Kier alpha value is -4.51. The quantitative estimate of drug-likeness (QED) is 0.159. The summed E-state index contributed by atoms with van der Waals surface area (Å²) in [7, 11) is 0. The van der Waals surface area contributed by atoms with Gasteiger partial charge < -0.3 is 9.84 Å². The molecule has 0 amide bonds. The second kappa shape index (κ2) is 10.9. The lowest BCUT2D eigenvalue weighted by Crippen LogP contribution is -2.18. The Morgan fingerprint density at radius 1 is 0.773 bits per heavy atom. The number of aromatic nitrogens is 1. The van der Waals surface area contributed by atoms with Crippen LogP contribution in [0.15, 0.2) is 78.9 Å². The molecule has 0 saturated heterocycles. The summed E-state index contributed by atoms with van der Waals surface area (Å²) in [5, 5.41) is 13.7. The molecule has 1 N–H and O–H groups in total. The molecule has 0 bridgehead atoms. The predicted octanol–water partition coefficient (Wildman–Crippen LogP) is 8.86. The Kier molecular flexibility index (Phi) is 7.31. The van der Waals surface area contributed by atoms with E-state index >= 15 is 0 Å². The number of aryl methyl sites for hydroxylation is 1. The molecule has 6 rings (SSSR count). The van der Waals surface area contributed by atoms with Crippen molar-refractivity contribution >= 4 is 33.2 Å². The molecule has 5 heteroatoms. The average molecular weight is 586 g/mol. The zero-order valence-corrected chi connectivity index (χ0v) is 26.3. The van der Waals surface area contributed by atoms with E-state index in [1.54, 1.807) is 12.1 Å². The number of ketones is 2. The van der Waals surface area contributed by atoms with Gasteiger partial charge in [0.05, 0.1) is 12.3 Å². The van der Waals surface area contributed by atoms with Crippen molar-refractivity contribution in [1.82, 2.24) is 4.98 Å². The molecule has 1 aromatic heterocycles. The van der Waals surface area contributed by atoms with Gasteiger partial charge in [0.1, 0.15) is 22.9 Å². The SMILES string of the molecule is CC(C)(C)c1cc(CCCOc2cccc3ccc([C@@H]4C(=O)c5ccc6ccccc6c5C4=O)nc23)cc(C(C)(C)C)c1O. The van der Waals surface area contributed by atoms with Crippen molar-refractivity contribution in [3.63, 3.8) is 0 Å². The van der Waals surface area contributed by atoms with Crippen LogP contribution in [0.3, 0.4) is 0 Å². The number of hydrogen-bond donors (Lipinski definition) is 1. The number of benzene rings is 4. The number of hydrogen-bond acceptors (Lipinski definition) is 5. The van der Waals surface area contributed by atoms with Crippen LogP contribution >= 0.6 is 0 Å².